The van der Waals surface area contributed by atoms with Crippen LogP contribution in [-0.4, -0.2) is 33.5 Å². The highest BCUT2D eigenvalue weighted by molar-refractivity contribution is 5.80. The number of carbonyl (C=O) groups is 1. The predicted octanol–water partition coefficient (Wildman–Crippen LogP) is 2.16. The summed E-state index contributed by atoms with van der Waals surface area (Å²) in [5, 5.41) is 5.92. The Morgan fingerprint density at radius 2 is 1.84 bits per heavy atom. The average molecular weight is 344 g/mol. The Hall–Kier alpha value is -3.09. The van der Waals surface area contributed by atoms with Gasteiger partial charge in [-0.25, -0.2) is 0 Å². The largest absolute Gasteiger partial charge is 0.493 e. The van der Waals surface area contributed by atoms with Crippen LogP contribution >= 0.6 is 0 Å². The van der Waals surface area contributed by atoms with Gasteiger partial charge in [-0.15, -0.1) is 0 Å². The molecule has 0 unspecified atom stereocenters. The number of fused-ring (bicyclic) bond motifs is 1. The molecule has 0 atom stereocenters. The fraction of sp³-hybridized carbons (Fsp3) is 0.278. The van der Waals surface area contributed by atoms with E-state index in [1.165, 1.54) is 0 Å². The molecule has 2 aromatic carbocycles. The summed E-state index contributed by atoms with van der Waals surface area (Å²) in [6.45, 7) is 0.791. The van der Waals surface area contributed by atoms with E-state index in [9.17, 15) is 4.79 Å². The number of amides is 1. The first-order valence-corrected chi connectivity index (χ1v) is 7.80. The average Bonchev–Trinajstić information content (AvgIpc) is 3.12. The Balaban J connectivity index is 1.50. The molecule has 1 amide bonds. The molecule has 0 saturated heterocycles. The van der Waals surface area contributed by atoms with Gasteiger partial charge in [0.1, 0.15) is 0 Å². The van der Waals surface area contributed by atoms with E-state index in [0.717, 1.165) is 11.3 Å². The minimum atomic E-state index is -0.118. The van der Waals surface area contributed by atoms with Gasteiger partial charge in [0.15, 0.2) is 23.0 Å². The number of hydrogen-bond acceptors (Lipinski definition) is 6. The van der Waals surface area contributed by atoms with Gasteiger partial charge >= 0.3 is 0 Å². The van der Waals surface area contributed by atoms with Crippen molar-refractivity contribution < 1.29 is 23.7 Å². The van der Waals surface area contributed by atoms with Gasteiger partial charge in [0, 0.05) is 18.3 Å². The van der Waals surface area contributed by atoms with Crippen LogP contribution in [0.1, 0.15) is 5.56 Å². The lowest BCUT2D eigenvalue weighted by Crippen LogP contribution is -2.29. The zero-order valence-corrected chi connectivity index (χ0v) is 14.1. The summed E-state index contributed by atoms with van der Waals surface area (Å²) < 4.78 is 21.0. The van der Waals surface area contributed by atoms with Crippen LogP contribution in [-0.2, 0) is 11.3 Å². The quantitative estimate of drug-likeness (QED) is 0.801. The first-order valence-electron chi connectivity index (χ1n) is 7.80. The lowest BCUT2D eigenvalue weighted by molar-refractivity contribution is -0.119. The van der Waals surface area contributed by atoms with Gasteiger partial charge < -0.3 is 29.6 Å². The molecule has 1 aliphatic rings. The topological polar surface area (TPSA) is 78.1 Å². The van der Waals surface area contributed by atoms with E-state index in [4.69, 9.17) is 18.9 Å². The highest BCUT2D eigenvalue weighted by Gasteiger charge is 2.13. The molecule has 132 valence electrons. The standard InChI is InChI=1S/C18H20N2O5/c1-22-14-5-3-12(7-16(14)23-2)9-20-18(21)10-19-13-4-6-15-17(8-13)25-11-24-15/h3-8,19H,9-11H2,1-2H3,(H,20,21). The van der Waals surface area contributed by atoms with Crippen LogP contribution in [0.4, 0.5) is 5.69 Å². The minimum absolute atomic E-state index is 0.118. The van der Waals surface area contributed by atoms with Crippen molar-refractivity contribution in [3.63, 3.8) is 0 Å². The Morgan fingerprint density at radius 3 is 2.64 bits per heavy atom. The summed E-state index contributed by atoms with van der Waals surface area (Å²) in [6, 6.07) is 11.0. The second kappa shape index (κ2) is 7.65. The lowest BCUT2D eigenvalue weighted by Gasteiger charge is -2.11. The molecular weight excluding hydrogens is 324 g/mol. The molecule has 7 heteroatoms. The molecule has 0 saturated carbocycles. The molecule has 3 rings (SSSR count). The van der Waals surface area contributed by atoms with E-state index < -0.39 is 0 Å². The van der Waals surface area contributed by atoms with Gasteiger partial charge in [0.25, 0.3) is 0 Å². The maximum atomic E-state index is 12.0. The highest BCUT2D eigenvalue weighted by Crippen LogP contribution is 2.34. The number of carbonyl (C=O) groups excluding carboxylic acids is 1. The van der Waals surface area contributed by atoms with Crippen molar-refractivity contribution >= 4 is 11.6 Å². The molecule has 0 aliphatic carbocycles. The van der Waals surface area contributed by atoms with Gasteiger partial charge in [-0.1, -0.05) is 6.07 Å². The fourth-order valence-electron chi connectivity index (χ4n) is 2.44. The van der Waals surface area contributed by atoms with Crippen molar-refractivity contribution in [3.05, 3.63) is 42.0 Å². The molecule has 0 spiro atoms. The first-order chi connectivity index (χ1) is 12.2. The van der Waals surface area contributed by atoms with Crippen LogP contribution in [0, 0.1) is 0 Å². The summed E-state index contributed by atoms with van der Waals surface area (Å²) in [5.74, 6) is 2.56. The molecule has 0 radical (unpaired) electrons. The van der Waals surface area contributed by atoms with Crippen LogP contribution < -0.4 is 29.6 Å². The minimum Gasteiger partial charge on any atom is -0.493 e. The summed E-state index contributed by atoms with van der Waals surface area (Å²) in [7, 11) is 3.16. The Kier molecular flexibility index (Phi) is 5.13. The van der Waals surface area contributed by atoms with E-state index in [1.807, 2.05) is 36.4 Å². The first kappa shape index (κ1) is 16.8. The second-order valence-corrected chi connectivity index (χ2v) is 5.39. The van der Waals surface area contributed by atoms with Crippen molar-refractivity contribution in [2.75, 3.05) is 32.9 Å². The predicted molar refractivity (Wildman–Crippen MR) is 92.4 cm³/mol. The second-order valence-electron chi connectivity index (χ2n) is 5.39. The molecule has 25 heavy (non-hydrogen) atoms. The van der Waals surface area contributed by atoms with Gasteiger partial charge in [-0.05, 0) is 29.8 Å². The number of nitrogens with one attached hydrogen (secondary N) is 2. The van der Waals surface area contributed by atoms with E-state index in [2.05, 4.69) is 10.6 Å². The third-order valence-electron chi connectivity index (χ3n) is 3.76. The van der Waals surface area contributed by atoms with Crippen molar-refractivity contribution in [2.45, 2.75) is 6.54 Å². The molecule has 1 aliphatic heterocycles. The maximum absolute atomic E-state index is 12.0. The Labute approximate surface area is 145 Å². The molecule has 0 bridgehead atoms. The van der Waals surface area contributed by atoms with Crippen LogP contribution in [0.15, 0.2) is 36.4 Å². The van der Waals surface area contributed by atoms with Gasteiger partial charge in [-0.3, -0.25) is 4.79 Å². The summed E-state index contributed by atoms with van der Waals surface area (Å²) in [5.41, 5.74) is 1.72. The number of benzene rings is 2. The maximum Gasteiger partial charge on any atom is 0.239 e. The zero-order chi connectivity index (χ0) is 17.6. The van der Waals surface area contributed by atoms with E-state index >= 15 is 0 Å². The molecular formula is C18H20N2O5. The van der Waals surface area contributed by atoms with E-state index in [1.54, 1.807) is 14.2 Å². The third kappa shape index (κ3) is 4.06. The van der Waals surface area contributed by atoms with E-state index in [0.29, 0.717) is 29.5 Å². The van der Waals surface area contributed by atoms with Crippen LogP contribution in [0.3, 0.4) is 0 Å². The summed E-state index contributed by atoms with van der Waals surface area (Å²) >= 11 is 0. The van der Waals surface area contributed by atoms with Crippen LogP contribution in [0.25, 0.3) is 0 Å². The summed E-state index contributed by atoms with van der Waals surface area (Å²) in [6.07, 6.45) is 0. The van der Waals surface area contributed by atoms with Gasteiger partial charge in [0.2, 0.25) is 12.7 Å². The van der Waals surface area contributed by atoms with E-state index in [-0.39, 0.29) is 19.2 Å². The smallest absolute Gasteiger partial charge is 0.239 e. The summed E-state index contributed by atoms with van der Waals surface area (Å²) in [4.78, 5) is 12.0. The number of hydrogen-bond donors (Lipinski definition) is 2. The zero-order valence-electron chi connectivity index (χ0n) is 14.1. The number of ether oxygens (including phenoxy) is 4. The van der Waals surface area contributed by atoms with Gasteiger partial charge in [-0.2, -0.15) is 0 Å². The van der Waals surface area contributed by atoms with Crippen molar-refractivity contribution in [1.82, 2.24) is 5.32 Å². The normalized spacial score (nSPS) is 11.8. The van der Waals surface area contributed by atoms with Crippen LogP contribution in [0.5, 0.6) is 23.0 Å². The molecule has 0 aromatic heterocycles. The van der Waals surface area contributed by atoms with Gasteiger partial charge in [0.05, 0.1) is 20.8 Å². The Morgan fingerprint density at radius 1 is 1.04 bits per heavy atom. The number of anilines is 1. The molecule has 2 N–H and O–H groups in total. The van der Waals surface area contributed by atoms with Crippen molar-refractivity contribution in [3.8, 4) is 23.0 Å². The fourth-order valence-corrected chi connectivity index (χ4v) is 2.44. The SMILES string of the molecule is COc1ccc(CNC(=O)CNc2ccc3c(c2)OCO3)cc1OC. The lowest BCUT2D eigenvalue weighted by atomic mass is 10.2. The third-order valence-corrected chi connectivity index (χ3v) is 3.76. The van der Waals surface area contributed by atoms with Crippen molar-refractivity contribution in [2.24, 2.45) is 0 Å². The molecule has 1 heterocycles. The highest BCUT2D eigenvalue weighted by atomic mass is 16.7. The molecule has 0 fully saturated rings. The number of rotatable bonds is 7. The molecule has 2 aromatic rings. The monoisotopic (exact) mass is 344 g/mol. The van der Waals surface area contributed by atoms with Crippen LogP contribution in [0.2, 0.25) is 0 Å². The molecule has 7 nitrogen and oxygen atoms in total. The number of methoxy groups -OCH3 is 2. The Bertz CT molecular complexity index is 763. The van der Waals surface area contributed by atoms with Crippen molar-refractivity contribution in [1.29, 1.82) is 0 Å².